The first kappa shape index (κ1) is 19.4. The fourth-order valence-corrected chi connectivity index (χ4v) is 5.91. The Bertz CT molecular complexity index is 1150. The number of ether oxygens (including phenoxy) is 1. The number of fused-ring (bicyclic) bond motifs is 3. The molecule has 0 fully saturated rings. The summed E-state index contributed by atoms with van der Waals surface area (Å²) >= 11 is 7.26. The molecule has 0 aliphatic heterocycles. The maximum absolute atomic E-state index is 13.5. The zero-order valence-electron chi connectivity index (χ0n) is 16.8. The van der Waals surface area contributed by atoms with Gasteiger partial charge in [-0.2, -0.15) is 0 Å². The molecule has 0 spiro atoms. The van der Waals surface area contributed by atoms with E-state index in [2.05, 4.69) is 25.8 Å². The SMILES string of the molecule is CCC(C)(C)[C@@H]1CCc2c(sc3[nH]c(=S)n(-c4ccccc4OC)c(=O)c23)C1. The topological polar surface area (TPSA) is 47.0 Å². The Hall–Kier alpha value is -1.92. The molecule has 0 saturated heterocycles. The number of thiophene rings is 1. The lowest BCUT2D eigenvalue weighted by Gasteiger charge is -2.36. The van der Waals surface area contributed by atoms with Gasteiger partial charge in [0.2, 0.25) is 0 Å². The van der Waals surface area contributed by atoms with Crippen molar-refractivity contribution in [2.75, 3.05) is 7.11 Å². The van der Waals surface area contributed by atoms with Crippen molar-refractivity contribution >= 4 is 33.8 Å². The minimum atomic E-state index is -0.0473. The van der Waals surface area contributed by atoms with Crippen LogP contribution in [0.1, 0.15) is 44.1 Å². The summed E-state index contributed by atoms with van der Waals surface area (Å²) in [5, 5.41) is 0.798. The number of nitrogens with zero attached hydrogens (tertiary/aromatic N) is 1. The predicted octanol–water partition coefficient (Wildman–Crippen LogP) is 5.66. The van der Waals surface area contributed by atoms with Crippen LogP contribution in [0, 0.1) is 16.1 Å². The van der Waals surface area contributed by atoms with Crippen LogP contribution < -0.4 is 10.3 Å². The first-order chi connectivity index (χ1) is 13.4. The van der Waals surface area contributed by atoms with E-state index in [1.807, 2.05) is 24.3 Å². The minimum Gasteiger partial charge on any atom is -0.495 e. The molecule has 148 valence electrons. The third kappa shape index (κ3) is 3.03. The van der Waals surface area contributed by atoms with Crippen molar-refractivity contribution in [3.05, 3.63) is 49.8 Å². The molecule has 1 aliphatic rings. The quantitative estimate of drug-likeness (QED) is 0.560. The lowest BCUT2D eigenvalue weighted by atomic mass is 9.70. The number of aryl methyl sites for hydroxylation is 1. The van der Waals surface area contributed by atoms with Gasteiger partial charge in [0, 0.05) is 4.88 Å². The highest BCUT2D eigenvalue weighted by Gasteiger charge is 2.33. The fourth-order valence-electron chi connectivity index (χ4n) is 4.25. The van der Waals surface area contributed by atoms with Crippen LogP contribution in [0.15, 0.2) is 29.1 Å². The predicted molar refractivity (Wildman–Crippen MR) is 119 cm³/mol. The van der Waals surface area contributed by atoms with Crippen LogP contribution in [0.4, 0.5) is 0 Å². The molecule has 28 heavy (non-hydrogen) atoms. The molecule has 1 N–H and O–H groups in total. The van der Waals surface area contributed by atoms with Crippen LogP contribution in [0.3, 0.4) is 0 Å². The number of nitrogens with one attached hydrogen (secondary N) is 1. The van der Waals surface area contributed by atoms with E-state index < -0.39 is 0 Å². The maximum atomic E-state index is 13.5. The van der Waals surface area contributed by atoms with Crippen molar-refractivity contribution in [2.24, 2.45) is 11.3 Å². The molecule has 1 aromatic carbocycles. The van der Waals surface area contributed by atoms with Gasteiger partial charge in [0.25, 0.3) is 5.56 Å². The number of H-pyrrole nitrogens is 1. The molecule has 4 rings (SSSR count). The summed E-state index contributed by atoms with van der Waals surface area (Å²) in [4.78, 5) is 19.1. The highest BCUT2D eigenvalue weighted by atomic mass is 32.1. The van der Waals surface area contributed by atoms with E-state index in [1.165, 1.54) is 16.9 Å². The monoisotopic (exact) mass is 414 g/mol. The highest BCUT2D eigenvalue weighted by molar-refractivity contribution is 7.71. The molecule has 0 saturated carbocycles. The van der Waals surface area contributed by atoms with Gasteiger partial charge in [-0.3, -0.25) is 4.79 Å². The number of aromatic nitrogens is 2. The maximum Gasteiger partial charge on any atom is 0.268 e. The van der Waals surface area contributed by atoms with E-state index in [0.717, 1.165) is 29.5 Å². The van der Waals surface area contributed by atoms with Gasteiger partial charge in [0.05, 0.1) is 18.2 Å². The van der Waals surface area contributed by atoms with E-state index >= 15 is 0 Å². The Morgan fingerprint density at radius 1 is 1.36 bits per heavy atom. The second-order valence-corrected chi connectivity index (χ2v) is 9.72. The van der Waals surface area contributed by atoms with Gasteiger partial charge in [-0.15, -0.1) is 11.3 Å². The third-order valence-electron chi connectivity index (χ3n) is 6.45. The number of aromatic amines is 1. The van der Waals surface area contributed by atoms with E-state index in [4.69, 9.17) is 17.0 Å². The number of rotatable bonds is 4. The second kappa shape index (κ2) is 7.16. The van der Waals surface area contributed by atoms with Crippen LogP contribution >= 0.6 is 23.6 Å². The summed E-state index contributed by atoms with van der Waals surface area (Å²) in [6.07, 6.45) is 4.30. The van der Waals surface area contributed by atoms with Gasteiger partial charge in [0.1, 0.15) is 10.6 Å². The van der Waals surface area contributed by atoms with Crippen molar-refractivity contribution in [1.82, 2.24) is 9.55 Å². The van der Waals surface area contributed by atoms with Gasteiger partial charge >= 0.3 is 0 Å². The van der Waals surface area contributed by atoms with Gasteiger partial charge in [0.15, 0.2) is 4.77 Å². The van der Waals surface area contributed by atoms with Crippen molar-refractivity contribution in [2.45, 2.75) is 46.5 Å². The van der Waals surface area contributed by atoms with Crippen molar-refractivity contribution < 1.29 is 4.74 Å². The lowest BCUT2D eigenvalue weighted by molar-refractivity contribution is 0.184. The normalized spacial score (nSPS) is 16.9. The number of para-hydroxylation sites is 2. The first-order valence-electron chi connectivity index (χ1n) is 9.80. The van der Waals surface area contributed by atoms with Gasteiger partial charge in [-0.1, -0.05) is 39.3 Å². The van der Waals surface area contributed by atoms with Gasteiger partial charge in [-0.05, 0) is 60.5 Å². The van der Waals surface area contributed by atoms with Gasteiger partial charge in [-0.25, -0.2) is 4.57 Å². The average Bonchev–Trinajstić information content (AvgIpc) is 3.05. The zero-order chi connectivity index (χ0) is 20.1. The minimum absolute atomic E-state index is 0.0473. The molecule has 4 nitrogen and oxygen atoms in total. The Morgan fingerprint density at radius 2 is 2.11 bits per heavy atom. The molecular weight excluding hydrogens is 388 g/mol. The standard InChI is InChI=1S/C22H26N2O2S2/c1-5-22(2,3)13-10-11-14-17(12-13)28-19-18(14)20(25)24(21(27)23-19)15-8-6-7-9-16(15)26-4/h6-9,13H,5,10-12H2,1-4H3,(H,23,27)/t13-/m1/s1. The smallest absolute Gasteiger partial charge is 0.268 e. The summed E-state index contributed by atoms with van der Waals surface area (Å²) in [5.41, 5.74) is 2.16. The summed E-state index contributed by atoms with van der Waals surface area (Å²) in [5.74, 6) is 1.29. The van der Waals surface area contributed by atoms with Crippen LogP contribution in [0.5, 0.6) is 5.75 Å². The molecule has 0 radical (unpaired) electrons. The molecule has 0 bridgehead atoms. The van der Waals surface area contributed by atoms with Crippen molar-refractivity contribution in [1.29, 1.82) is 0 Å². The molecule has 1 aliphatic carbocycles. The van der Waals surface area contributed by atoms with E-state index in [-0.39, 0.29) is 5.56 Å². The Balaban J connectivity index is 1.90. The Kier molecular flexibility index (Phi) is 4.96. The van der Waals surface area contributed by atoms with Crippen molar-refractivity contribution in [3.8, 4) is 11.4 Å². The second-order valence-electron chi connectivity index (χ2n) is 8.23. The molecule has 0 unspecified atom stereocenters. The molecule has 0 amide bonds. The summed E-state index contributed by atoms with van der Waals surface area (Å²) in [6.45, 7) is 6.99. The number of methoxy groups -OCH3 is 1. The van der Waals surface area contributed by atoms with Crippen LogP contribution in [0.25, 0.3) is 15.9 Å². The van der Waals surface area contributed by atoms with Crippen molar-refractivity contribution in [3.63, 3.8) is 0 Å². The molecule has 1 atom stereocenters. The molecule has 6 heteroatoms. The average molecular weight is 415 g/mol. The summed E-state index contributed by atoms with van der Waals surface area (Å²) in [6, 6.07) is 7.50. The zero-order valence-corrected chi connectivity index (χ0v) is 18.4. The molecule has 3 aromatic rings. The third-order valence-corrected chi connectivity index (χ3v) is 7.90. The Labute approximate surface area is 174 Å². The van der Waals surface area contributed by atoms with Crippen LogP contribution in [-0.4, -0.2) is 16.7 Å². The summed E-state index contributed by atoms with van der Waals surface area (Å²) < 4.78 is 7.45. The molecule has 2 heterocycles. The van der Waals surface area contributed by atoms with E-state index in [9.17, 15) is 4.79 Å². The number of benzene rings is 1. The van der Waals surface area contributed by atoms with Crippen LogP contribution in [-0.2, 0) is 12.8 Å². The number of hydrogen-bond donors (Lipinski definition) is 1. The summed E-state index contributed by atoms with van der Waals surface area (Å²) in [7, 11) is 1.61. The first-order valence-corrected chi connectivity index (χ1v) is 11.0. The van der Waals surface area contributed by atoms with E-state index in [0.29, 0.717) is 27.5 Å². The van der Waals surface area contributed by atoms with Crippen LogP contribution in [0.2, 0.25) is 0 Å². The fraction of sp³-hybridized carbons (Fsp3) is 0.455. The molecule has 2 aromatic heterocycles. The largest absolute Gasteiger partial charge is 0.495 e. The highest BCUT2D eigenvalue weighted by Crippen LogP contribution is 2.43. The van der Waals surface area contributed by atoms with Gasteiger partial charge < -0.3 is 9.72 Å². The van der Waals surface area contributed by atoms with E-state index in [1.54, 1.807) is 23.0 Å². The Morgan fingerprint density at radius 3 is 2.82 bits per heavy atom. The number of hydrogen-bond acceptors (Lipinski definition) is 4. The molecular formula is C22H26N2O2S2. The lowest BCUT2D eigenvalue weighted by Crippen LogP contribution is -2.29.